The lowest BCUT2D eigenvalue weighted by Crippen LogP contribution is -2.26. The summed E-state index contributed by atoms with van der Waals surface area (Å²) in [6.07, 6.45) is 3.05. The molecule has 2 aromatic rings. The van der Waals surface area contributed by atoms with Gasteiger partial charge < -0.3 is 19.7 Å². The Morgan fingerprint density at radius 1 is 1.26 bits per heavy atom. The van der Waals surface area contributed by atoms with Crippen LogP contribution in [0.15, 0.2) is 48.5 Å². The molecule has 0 aliphatic heterocycles. The molecular weight excluding hydrogens is 412 g/mol. The third-order valence-corrected chi connectivity index (χ3v) is 4.31. The second-order valence-electron chi connectivity index (χ2n) is 6.43. The van der Waals surface area contributed by atoms with Gasteiger partial charge in [0, 0.05) is 31.9 Å². The third-order valence-electron chi connectivity index (χ3n) is 4.31. The number of ether oxygens (including phenoxy) is 2. The van der Waals surface area contributed by atoms with Crippen LogP contribution in [0.25, 0.3) is 6.08 Å². The summed E-state index contributed by atoms with van der Waals surface area (Å²) in [5, 5.41) is 14.0. The van der Waals surface area contributed by atoms with Crippen molar-refractivity contribution in [2.24, 2.45) is 0 Å². The highest BCUT2D eigenvalue weighted by Gasteiger charge is 2.20. The van der Waals surface area contributed by atoms with Crippen LogP contribution in [0.4, 0.5) is 20.2 Å². The molecule has 166 valence electrons. The van der Waals surface area contributed by atoms with E-state index in [1.54, 1.807) is 0 Å². The predicted octanol–water partition coefficient (Wildman–Crippen LogP) is 3.86. The van der Waals surface area contributed by atoms with E-state index in [0.29, 0.717) is 13.0 Å². The summed E-state index contributed by atoms with van der Waals surface area (Å²) < 4.78 is 34.2. The Hall–Kier alpha value is -3.69. The van der Waals surface area contributed by atoms with E-state index in [9.17, 15) is 23.7 Å². The minimum atomic E-state index is -3.17. The largest absolute Gasteiger partial charge is 0.493 e. The number of nitro benzene ring substituents is 1. The number of methoxy groups -OCH3 is 1. The maximum atomic E-state index is 12.5. The van der Waals surface area contributed by atoms with Crippen molar-refractivity contribution in [2.45, 2.75) is 13.0 Å². The van der Waals surface area contributed by atoms with E-state index in [2.05, 4.69) is 15.0 Å². The van der Waals surface area contributed by atoms with Crippen molar-refractivity contribution >= 4 is 23.4 Å². The Labute approximate surface area is 178 Å². The quantitative estimate of drug-likeness (QED) is 0.249. The highest BCUT2D eigenvalue weighted by molar-refractivity contribution is 5.92. The Kier molecular flexibility index (Phi) is 8.74. The van der Waals surface area contributed by atoms with Gasteiger partial charge in [-0.1, -0.05) is 18.2 Å². The second-order valence-corrected chi connectivity index (χ2v) is 6.43. The monoisotopic (exact) mass is 435 g/mol. The van der Waals surface area contributed by atoms with Crippen LogP contribution in [0.1, 0.15) is 12.0 Å². The van der Waals surface area contributed by atoms with Gasteiger partial charge in [0.05, 0.1) is 23.7 Å². The molecule has 10 heteroatoms. The number of para-hydroxylation sites is 1. The standard InChI is InChI=1S/C21H23F2N3O5/c1-25(16-7-4-3-5-8-16)12-6-11-24-20(27)10-9-15-13-18(30-2)19(31-21(22)23)14-17(15)26(28)29/h3-5,7-10,13-14,21H,6,11-12H2,1-2H3,(H,24,27)/b10-9+. The lowest BCUT2D eigenvalue weighted by atomic mass is 10.1. The number of amides is 1. The number of benzene rings is 2. The van der Waals surface area contributed by atoms with Gasteiger partial charge in [0.25, 0.3) is 5.69 Å². The first-order chi connectivity index (χ1) is 14.8. The molecule has 8 nitrogen and oxygen atoms in total. The van der Waals surface area contributed by atoms with Crippen LogP contribution >= 0.6 is 0 Å². The lowest BCUT2D eigenvalue weighted by Gasteiger charge is -2.19. The zero-order valence-corrected chi connectivity index (χ0v) is 17.1. The average Bonchev–Trinajstić information content (AvgIpc) is 2.75. The minimum absolute atomic E-state index is 0.0161. The van der Waals surface area contributed by atoms with Crippen LogP contribution in [0.3, 0.4) is 0 Å². The van der Waals surface area contributed by atoms with Crippen LogP contribution in [0.5, 0.6) is 11.5 Å². The molecule has 0 aromatic heterocycles. The van der Waals surface area contributed by atoms with Gasteiger partial charge in [-0.05, 0) is 30.7 Å². The Balaban J connectivity index is 1.97. The van der Waals surface area contributed by atoms with Gasteiger partial charge in [0.2, 0.25) is 5.91 Å². The first-order valence-corrected chi connectivity index (χ1v) is 9.35. The smallest absolute Gasteiger partial charge is 0.387 e. The van der Waals surface area contributed by atoms with E-state index < -0.39 is 28.9 Å². The fourth-order valence-corrected chi connectivity index (χ4v) is 2.77. The number of carbonyl (C=O) groups is 1. The van der Waals surface area contributed by atoms with E-state index in [1.807, 2.05) is 37.4 Å². The van der Waals surface area contributed by atoms with Crippen molar-refractivity contribution in [2.75, 3.05) is 32.1 Å². The van der Waals surface area contributed by atoms with Crippen molar-refractivity contribution in [3.63, 3.8) is 0 Å². The van der Waals surface area contributed by atoms with E-state index in [1.165, 1.54) is 13.2 Å². The number of halogens is 2. The van der Waals surface area contributed by atoms with Gasteiger partial charge in [0.1, 0.15) is 0 Å². The number of rotatable bonds is 11. The minimum Gasteiger partial charge on any atom is -0.493 e. The number of hydrogen-bond acceptors (Lipinski definition) is 6. The number of carbonyl (C=O) groups excluding carboxylic acids is 1. The van der Waals surface area contributed by atoms with E-state index in [0.717, 1.165) is 30.4 Å². The average molecular weight is 435 g/mol. The molecule has 0 spiro atoms. The molecule has 0 atom stereocenters. The molecule has 0 fully saturated rings. The molecule has 2 aromatic carbocycles. The molecule has 31 heavy (non-hydrogen) atoms. The zero-order valence-electron chi connectivity index (χ0n) is 17.1. The van der Waals surface area contributed by atoms with Gasteiger partial charge >= 0.3 is 6.61 Å². The maximum absolute atomic E-state index is 12.5. The summed E-state index contributed by atoms with van der Waals surface area (Å²) in [7, 11) is 3.16. The highest BCUT2D eigenvalue weighted by atomic mass is 19.3. The molecule has 0 bridgehead atoms. The molecule has 0 radical (unpaired) electrons. The number of nitrogens with one attached hydrogen (secondary N) is 1. The van der Waals surface area contributed by atoms with Crippen molar-refractivity contribution in [3.05, 3.63) is 64.2 Å². The van der Waals surface area contributed by atoms with E-state index in [4.69, 9.17) is 4.74 Å². The normalized spacial score (nSPS) is 10.9. The van der Waals surface area contributed by atoms with Crippen LogP contribution in [-0.4, -0.2) is 44.7 Å². The molecule has 1 amide bonds. The number of nitrogens with zero attached hydrogens (tertiary/aromatic N) is 2. The molecule has 0 heterocycles. The molecule has 1 N–H and O–H groups in total. The van der Waals surface area contributed by atoms with Gasteiger partial charge in [-0.25, -0.2) is 0 Å². The summed E-state index contributed by atoms with van der Waals surface area (Å²) in [5.41, 5.74) is 0.585. The molecule has 0 saturated heterocycles. The molecule has 0 unspecified atom stereocenters. The SMILES string of the molecule is COc1cc(/C=C/C(=O)NCCCN(C)c2ccccc2)c([N+](=O)[O-])cc1OC(F)F. The summed E-state index contributed by atoms with van der Waals surface area (Å²) in [6, 6.07) is 11.8. The number of anilines is 1. The van der Waals surface area contributed by atoms with Crippen molar-refractivity contribution in [3.8, 4) is 11.5 Å². The number of alkyl halides is 2. The van der Waals surface area contributed by atoms with Crippen LogP contribution in [-0.2, 0) is 4.79 Å². The van der Waals surface area contributed by atoms with Gasteiger partial charge in [0.15, 0.2) is 11.5 Å². The third kappa shape index (κ3) is 7.25. The molecule has 0 saturated carbocycles. The van der Waals surface area contributed by atoms with Crippen LogP contribution < -0.4 is 19.7 Å². The first kappa shape index (κ1) is 23.6. The molecular formula is C21H23F2N3O5. The summed E-state index contributed by atoms with van der Waals surface area (Å²) >= 11 is 0. The Morgan fingerprint density at radius 3 is 2.58 bits per heavy atom. The Morgan fingerprint density at radius 2 is 1.97 bits per heavy atom. The first-order valence-electron chi connectivity index (χ1n) is 9.35. The topological polar surface area (TPSA) is 93.9 Å². The van der Waals surface area contributed by atoms with E-state index >= 15 is 0 Å². The fourth-order valence-electron chi connectivity index (χ4n) is 2.77. The van der Waals surface area contributed by atoms with Gasteiger partial charge in [-0.2, -0.15) is 8.78 Å². The van der Waals surface area contributed by atoms with Crippen molar-refractivity contribution in [1.82, 2.24) is 5.32 Å². The summed E-state index contributed by atoms with van der Waals surface area (Å²) in [4.78, 5) is 24.6. The summed E-state index contributed by atoms with van der Waals surface area (Å²) in [5.74, 6) is -1.02. The number of nitro groups is 1. The maximum Gasteiger partial charge on any atom is 0.387 e. The molecule has 0 aliphatic rings. The van der Waals surface area contributed by atoms with Crippen LogP contribution in [0.2, 0.25) is 0 Å². The van der Waals surface area contributed by atoms with E-state index in [-0.39, 0.29) is 11.3 Å². The van der Waals surface area contributed by atoms with Gasteiger partial charge in [-0.15, -0.1) is 0 Å². The second kappa shape index (κ2) is 11.5. The number of hydrogen-bond donors (Lipinski definition) is 1. The molecule has 0 aliphatic carbocycles. The summed E-state index contributed by atoms with van der Waals surface area (Å²) in [6.45, 7) is -2.03. The fraction of sp³-hybridized carbons (Fsp3) is 0.286. The zero-order chi connectivity index (χ0) is 22.8. The lowest BCUT2D eigenvalue weighted by molar-refractivity contribution is -0.385. The van der Waals surface area contributed by atoms with Crippen LogP contribution in [0, 0.1) is 10.1 Å². The van der Waals surface area contributed by atoms with Crippen molar-refractivity contribution in [1.29, 1.82) is 0 Å². The van der Waals surface area contributed by atoms with Crippen molar-refractivity contribution < 1.29 is 28.0 Å². The highest BCUT2D eigenvalue weighted by Crippen LogP contribution is 2.36. The van der Waals surface area contributed by atoms with Gasteiger partial charge in [-0.3, -0.25) is 14.9 Å². The Bertz CT molecular complexity index is 923. The molecule has 2 rings (SSSR count). The predicted molar refractivity (Wildman–Crippen MR) is 113 cm³/mol.